The molecule has 2 aliphatic heterocycles. The number of hydrogen-bond donors (Lipinski definition) is 0. The number of likely N-dealkylation sites (tertiary alicyclic amines) is 1. The van der Waals surface area contributed by atoms with Crippen LogP contribution in [0.1, 0.15) is 24.0 Å². The van der Waals surface area contributed by atoms with Crippen LogP contribution in [0.3, 0.4) is 0 Å². The molecule has 0 N–H and O–H groups in total. The second-order valence-corrected chi connectivity index (χ2v) is 7.55. The molecule has 2 aromatic rings. The monoisotopic (exact) mass is 372 g/mol. The van der Waals surface area contributed by atoms with Gasteiger partial charge in [-0.05, 0) is 49.6 Å². The zero-order valence-electron chi connectivity index (χ0n) is 14.6. The van der Waals surface area contributed by atoms with Gasteiger partial charge in [0, 0.05) is 35.9 Å². The van der Waals surface area contributed by atoms with E-state index in [1.165, 1.54) is 11.6 Å². The molecule has 0 spiro atoms. The molecule has 1 unspecified atom stereocenters. The van der Waals surface area contributed by atoms with E-state index in [4.69, 9.17) is 11.6 Å². The molecule has 1 fully saturated rings. The minimum atomic E-state index is -0.278. The largest absolute Gasteiger partial charge is 0.312 e. The van der Waals surface area contributed by atoms with Gasteiger partial charge >= 0.3 is 0 Å². The Kier molecular flexibility index (Phi) is 4.96. The van der Waals surface area contributed by atoms with Crippen LogP contribution in [0.25, 0.3) is 0 Å². The second kappa shape index (κ2) is 7.37. The summed E-state index contributed by atoms with van der Waals surface area (Å²) in [5.74, 6) is -0.126. The number of rotatable bonds is 3. The van der Waals surface area contributed by atoms with Crippen molar-refractivity contribution < 1.29 is 9.18 Å². The molecule has 0 radical (unpaired) electrons. The summed E-state index contributed by atoms with van der Waals surface area (Å²) in [5.41, 5.74) is 2.81. The van der Waals surface area contributed by atoms with Crippen LogP contribution in [0.5, 0.6) is 0 Å². The third-order valence-corrected chi connectivity index (χ3v) is 5.81. The molecule has 136 valence electrons. The molecular weight excluding hydrogens is 351 g/mol. The number of amides is 1. The number of hydrogen-bond acceptors (Lipinski definition) is 2. The number of carbonyl (C=O) groups is 1. The first-order valence-corrected chi connectivity index (χ1v) is 9.56. The van der Waals surface area contributed by atoms with E-state index in [1.807, 2.05) is 23.1 Å². The van der Waals surface area contributed by atoms with Crippen molar-refractivity contribution in [3.8, 4) is 0 Å². The number of nitrogens with zero attached hydrogens (tertiary/aromatic N) is 2. The quantitative estimate of drug-likeness (QED) is 0.802. The van der Waals surface area contributed by atoms with Crippen LogP contribution in [-0.4, -0.2) is 30.4 Å². The number of carbonyl (C=O) groups excluding carboxylic acids is 1. The highest BCUT2D eigenvalue weighted by Gasteiger charge is 2.33. The number of anilines is 1. The van der Waals surface area contributed by atoms with Gasteiger partial charge in [-0.15, -0.1) is 0 Å². The van der Waals surface area contributed by atoms with E-state index < -0.39 is 0 Å². The molecule has 1 atom stereocenters. The molecule has 5 heteroatoms. The normalized spacial score (nSPS) is 20.2. The molecule has 2 heterocycles. The summed E-state index contributed by atoms with van der Waals surface area (Å²) in [4.78, 5) is 17.2. The van der Waals surface area contributed by atoms with Gasteiger partial charge in [-0.2, -0.15) is 0 Å². The fourth-order valence-corrected chi connectivity index (χ4v) is 4.32. The van der Waals surface area contributed by atoms with Crippen molar-refractivity contribution >= 4 is 23.2 Å². The minimum absolute atomic E-state index is 0.0412. The summed E-state index contributed by atoms with van der Waals surface area (Å²) in [7, 11) is 0. The summed E-state index contributed by atoms with van der Waals surface area (Å²) >= 11 is 6.17. The van der Waals surface area contributed by atoms with Crippen molar-refractivity contribution in [3.63, 3.8) is 0 Å². The summed E-state index contributed by atoms with van der Waals surface area (Å²) in [5, 5.41) is 0.451. The van der Waals surface area contributed by atoms with Gasteiger partial charge in [0.15, 0.2) is 0 Å². The fraction of sp³-hybridized carbons (Fsp3) is 0.381. The Morgan fingerprint density at radius 2 is 2.00 bits per heavy atom. The number of fused-ring (bicyclic) bond motifs is 1. The maximum absolute atomic E-state index is 14.1. The number of benzene rings is 2. The van der Waals surface area contributed by atoms with Gasteiger partial charge in [-0.25, -0.2) is 4.39 Å². The van der Waals surface area contributed by atoms with Gasteiger partial charge in [-0.3, -0.25) is 9.69 Å². The van der Waals surface area contributed by atoms with Gasteiger partial charge in [0.05, 0.1) is 5.92 Å². The second-order valence-electron chi connectivity index (χ2n) is 7.14. The first kappa shape index (κ1) is 17.5. The maximum atomic E-state index is 14.1. The number of piperidine rings is 1. The van der Waals surface area contributed by atoms with E-state index in [2.05, 4.69) is 11.0 Å². The highest BCUT2D eigenvalue weighted by Crippen LogP contribution is 2.31. The lowest BCUT2D eigenvalue weighted by molar-refractivity contribution is -0.124. The van der Waals surface area contributed by atoms with Crippen LogP contribution in [0.4, 0.5) is 10.1 Å². The smallest absolute Gasteiger partial charge is 0.231 e. The van der Waals surface area contributed by atoms with Gasteiger partial charge in [0.25, 0.3) is 0 Å². The van der Waals surface area contributed by atoms with E-state index in [0.717, 1.165) is 38.0 Å². The van der Waals surface area contributed by atoms with Crippen LogP contribution in [-0.2, 0) is 17.8 Å². The van der Waals surface area contributed by atoms with Crippen molar-refractivity contribution in [3.05, 3.63) is 64.4 Å². The van der Waals surface area contributed by atoms with Gasteiger partial charge in [-0.1, -0.05) is 35.9 Å². The lowest BCUT2D eigenvalue weighted by Gasteiger charge is -2.34. The van der Waals surface area contributed by atoms with Crippen LogP contribution < -0.4 is 4.90 Å². The van der Waals surface area contributed by atoms with E-state index in [1.54, 1.807) is 12.1 Å². The average molecular weight is 373 g/mol. The van der Waals surface area contributed by atoms with Gasteiger partial charge < -0.3 is 4.90 Å². The molecule has 3 nitrogen and oxygen atoms in total. The molecule has 2 aliphatic rings. The van der Waals surface area contributed by atoms with E-state index in [0.29, 0.717) is 23.7 Å². The lowest BCUT2D eigenvalue weighted by Crippen LogP contribution is -2.44. The van der Waals surface area contributed by atoms with Crippen molar-refractivity contribution in [1.29, 1.82) is 0 Å². The first-order valence-electron chi connectivity index (χ1n) is 9.18. The highest BCUT2D eigenvalue weighted by molar-refractivity contribution is 6.31. The Morgan fingerprint density at radius 3 is 2.85 bits per heavy atom. The number of halogens is 2. The molecule has 0 aromatic heterocycles. The molecule has 26 heavy (non-hydrogen) atoms. The van der Waals surface area contributed by atoms with Crippen molar-refractivity contribution in [2.75, 3.05) is 24.5 Å². The molecular formula is C21H22ClFN2O. The maximum Gasteiger partial charge on any atom is 0.231 e. The summed E-state index contributed by atoms with van der Waals surface area (Å²) < 4.78 is 14.1. The van der Waals surface area contributed by atoms with Crippen LogP contribution >= 0.6 is 11.6 Å². The van der Waals surface area contributed by atoms with Crippen molar-refractivity contribution in [1.82, 2.24) is 4.90 Å². The topological polar surface area (TPSA) is 23.6 Å². The minimum Gasteiger partial charge on any atom is -0.312 e. The lowest BCUT2D eigenvalue weighted by atomic mass is 9.96. The van der Waals surface area contributed by atoms with Gasteiger partial charge in [0.2, 0.25) is 5.91 Å². The Hall–Kier alpha value is -1.91. The zero-order valence-corrected chi connectivity index (χ0v) is 15.4. The van der Waals surface area contributed by atoms with Crippen LogP contribution in [0.2, 0.25) is 5.02 Å². The Balaban J connectivity index is 1.46. The molecule has 0 saturated carbocycles. The van der Waals surface area contributed by atoms with E-state index >= 15 is 0 Å². The third-order valence-electron chi connectivity index (χ3n) is 5.45. The summed E-state index contributed by atoms with van der Waals surface area (Å²) in [6.07, 6.45) is 2.75. The van der Waals surface area contributed by atoms with Crippen molar-refractivity contribution in [2.45, 2.75) is 25.8 Å². The van der Waals surface area contributed by atoms with Crippen LogP contribution in [0, 0.1) is 11.7 Å². The molecule has 4 rings (SSSR count). The first-order chi connectivity index (χ1) is 12.6. The molecule has 1 amide bonds. The van der Waals surface area contributed by atoms with Crippen LogP contribution in [0.15, 0.2) is 42.5 Å². The van der Waals surface area contributed by atoms with Crippen molar-refractivity contribution in [2.24, 2.45) is 5.92 Å². The fourth-order valence-electron chi connectivity index (χ4n) is 4.10. The summed E-state index contributed by atoms with van der Waals surface area (Å²) in [6.45, 7) is 2.73. The number of para-hydroxylation sites is 1. The predicted molar refractivity (Wildman–Crippen MR) is 102 cm³/mol. The Bertz CT molecular complexity index is 805. The SMILES string of the molecule is O=C(C1CCCN(Cc2c(F)cccc2Cl)C1)N1CCc2ccccc21. The third kappa shape index (κ3) is 3.36. The zero-order chi connectivity index (χ0) is 18.1. The highest BCUT2D eigenvalue weighted by atomic mass is 35.5. The van der Waals surface area contributed by atoms with E-state index in [9.17, 15) is 9.18 Å². The molecule has 0 aliphatic carbocycles. The molecule has 1 saturated heterocycles. The molecule has 0 bridgehead atoms. The standard InChI is InChI=1S/C21H22ClFN2O/c22-18-7-3-8-19(23)17(18)14-24-11-4-6-16(13-24)21(26)25-12-10-15-5-1-2-9-20(15)25/h1-3,5,7-9,16H,4,6,10-14H2. The Labute approximate surface area is 158 Å². The predicted octanol–water partition coefficient (Wildman–Crippen LogP) is 4.28. The van der Waals surface area contributed by atoms with Gasteiger partial charge in [0.1, 0.15) is 5.82 Å². The van der Waals surface area contributed by atoms with E-state index in [-0.39, 0.29) is 17.6 Å². The average Bonchev–Trinajstić information content (AvgIpc) is 3.09. The molecule has 2 aromatic carbocycles. The summed E-state index contributed by atoms with van der Waals surface area (Å²) in [6, 6.07) is 12.9. The Morgan fingerprint density at radius 1 is 1.15 bits per heavy atom.